The molecule has 0 bridgehead atoms. The average molecular weight is 319 g/mol. The Labute approximate surface area is 127 Å². The summed E-state index contributed by atoms with van der Waals surface area (Å²) in [5.74, 6) is 0.0832. The van der Waals surface area contributed by atoms with Gasteiger partial charge in [-0.2, -0.15) is 0 Å². The van der Waals surface area contributed by atoms with Crippen molar-refractivity contribution in [3.8, 4) is 0 Å². The van der Waals surface area contributed by atoms with E-state index >= 15 is 0 Å². The quantitative estimate of drug-likeness (QED) is 0.776. The number of benzene rings is 2. The number of aromatic amines is 1. The monoisotopic (exact) mass is 319 g/mol. The number of halogens is 1. The number of fused-ring (bicyclic) bond motifs is 1. The first-order valence-corrected chi connectivity index (χ1v) is 8.13. The van der Waals surface area contributed by atoms with E-state index in [1.54, 1.807) is 0 Å². The molecular formula is C15H14FN3O2S. The first-order valence-electron chi connectivity index (χ1n) is 6.65. The molecule has 2 aromatic carbocycles. The van der Waals surface area contributed by atoms with Crippen molar-refractivity contribution in [1.29, 1.82) is 0 Å². The van der Waals surface area contributed by atoms with Gasteiger partial charge in [-0.3, -0.25) is 0 Å². The van der Waals surface area contributed by atoms with Gasteiger partial charge < -0.3 is 4.98 Å². The van der Waals surface area contributed by atoms with Crippen molar-refractivity contribution in [3.05, 3.63) is 59.7 Å². The maximum atomic E-state index is 13.2. The molecule has 114 valence electrons. The lowest BCUT2D eigenvalue weighted by molar-refractivity contribution is 0.578. The maximum absolute atomic E-state index is 13.2. The SMILES string of the molecule is Cc1cc(S(=O)(=O)NCc2nc3ccccc3[nH]2)ccc1F. The van der Waals surface area contributed by atoms with E-state index < -0.39 is 15.8 Å². The molecular weight excluding hydrogens is 305 g/mol. The van der Waals surface area contributed by atoms with Gasteiger partial charge in [0.25, 0.3) is 0 Å². The Morgan fingerprint density at radius 2 is 2.00 bits per heavy atom. The summed E-state index contributed by atoms with van der Waals surface area (Å²) in [4.78, 5) is 7.37. The summed E-state index contributed by atoms with van der Waals surface area (Å²) in [6.45, 7) is 1.56. The summed E-state index contributed by atoms with van der Waals surface area (Å²) in [7, 11) is -3.71. The number of imidazole rings is 1. The lowest BCUT2D eigenvalue weighted by Gasteiger charge is -2.06. The fourth-order valence-electron chi connectivity index (χ4n) is 2.12. The van der Waals surface area contributed by atoms with Gasteiger partial charge in [-0.05, 0) is 42.8 Å². The predicted octanol–water partition coefficient (Wildman–Crippen LogP) is 2.49. The number of rotatable bonds is 4. The molecule has 2 N–H and O–H groups in total. The summed E-state index contributed by atoms with van der Waals surface area (Å²) < 4.78 is 40.1. The zero-order valence-electron chi connectivity index (χ0n) is 11.8. The molecule has 0 amide bonds. The Bertz CT molecular complexity index is 902. The van der Waals surface area contributed by atoms with Crippen LogP contribution in [0.3, 0.4) is 0 Å². The fourth-order valence-corrected chi connectivity index (χ4v) is 3.19. The summed E-state index contributed by atoms with van der Waals surface area (Å²) in [5.41, 5.74) is 1.90. The highest BCUT2D eigenvalue weighted by atomic mass is 32.2. The zero-order valence-corrected chi connectivity index (χ0v) is 12.6. The molecule has 0 aliphatic heterocycles. The second-order valence-corrected chi connectivity index (χ2v) is 6.70. The Kier molecular flexibility index (Phi) is 3.67. The van der Waals surface area contributed by atoms with Gasteiger partial charge in [0.2, 0.25) is 10.0 Å². The van der Waals surface area contributed by atoms with E-state index in [2.05, 4.69) is 14.7 Å². The van der Waals surface area contributed by atoms with E-state index in [0.717, 1.165) is 17.1 Å². The molecule has 0 aliphatic rings. The van der Waals surface area contributed by atoms with E-state index in [9.17, 15) is 12.8 Å². The Balaban J connectivity index is 1.80. The highest BCUT2D eigenvalue weighted by molar-refractivity contribution is 7.89. The third kappa shape index (κ3) is 2.86. The second kappa shape index (κ2) is 5.51. The summed E-state index contributed by atoms with van der Waals surface area (Å²) in [6.07, 6.45) is 0. The highest BCUT2D eigenvalue weighted by Gasteiger charge is 2.15. The van der Waals surface area contributed by atoms with Crippen molar-refractivity contribution in [2.24, 2.45) is 0 Å². The standard InChI is InChI=1S/C15H14FN3O2S/c1-10-8-11(6-7-12(10)16)22(20,21)17-9-15-18-13-4-2-3-5-14(13)19-15/h2-8,17H,9H2,1H3,(H,18,19). The molecule has 22 heavy (non-hydrogen) atoms. The Morgan fingerprint density at radius 1 is 1.23 bits per heavy atom. The molecule has 0 spiro atoms. The van der Waals surface area contributed by atoms with Gasteiger partial charge in [0.15, 0.2) is 0 Å². The molecule has 0 saturated carbocycles. The molecule has 0 unspecified atom stereocenters. The number of H-pyrrole nitrogens is 1. The minimum absolute atomic E-state index is 0.0301. The molecule has 1 heterocycles. The van der Waals surface area contributed by atoms with E-state index in [0.29, 0.717) is 5.82 Å². The average Bonchev–Trinajstić information content (AvgIpc) is 2.91. The largest absolute Gasteiger partial charge is 0.341 e. The van der Waals surface area contributed by atoms with Crippen molar-refractivity contribution < 1.29 is 12.8 Å². The van der Waals surface area contributed by atoms with E-state index in [-0.39, 0.29) is 17.0 Å². The number of nitrogens with one attached hydrogen (secondary N) is 2. The van der Waals surface area contributed by atoms with Crippen LogP contribution in [0.4, 0.5) is 4.39 Å². The molecule has 7 heteroatoms. The molecule has 0 aliphatic carbocycles. The number of aromatic nitrogens is 2. The minimum Gasteiger partial charge on any atom is -0.341 e. The molecule has 3 aromatic rings. The predicted molar refractivity (Wildman–Crippen MR) is 81.3 cm³/mol. The summed E-state index contributed by atoms with van der Waals surface area (Å²) >= 11 is 0. The van der Waals surface area contributed by atoms with Gasteiger partial charge in [-0.1, -0.05) is 12.1 Å². The summed E-state index contributed by atoms with van der Waals surface area (Å²) in [5, 5.41) is 0. The van der Waals surface area contributed by atoms with Gasteiger partial charge in [-0.25, -0.2) is 22.5 Å². The van der Waals surface area contributed by atoms with Crippen molar-refractivity contribution >= 4 is 21.1 Å². The van der Waals surface area contributed by atoms with Gasteiger partial charge in [0.1, 0.15) is 11.6 Å². The topological polar surface area (TPSA) is 74.8 Å². The van der Waals surface area contributed by atoms with E-state index in [1.807, 2.05) is 24.3 Å². The van der Waals surface area contributed by atoms with Crippen molar-refractivity contribution in [3.63, 3.8) is 0 Å². The lowest BCUT2D eigenvalue weighted by atomic mass is 10.2. The van der Waals surface area contributed by atoms with Crippen molar-refractivity contribution in [2.45, 2.75) is 18.4 Å². The van der Waals surface area contributed by atoms with Gasteiger partial charge >= 0.3 is 0 Å². The van der Waals surface area contributed by atoms with Gasteiger partial charge in [0, 0.05) is 0 Å². The Morgan fingerprint density at radius 3 is 2.73 bits per heavy atom. The first kappa shape index (κ1) is 14.7. The van der Waals surface area contributed by atoms with Crippen LogP contribution in [-0.4, -0.2) is 18.4 Å². The van der Waals surface area contributed by atoms with Crippen LogP contribution in [-0.2, 0) is 16.6 Å². The zero-order chi connectivity index (χ0) is 15.7. The normalized spacial score (nSPS) is 11.9. The highest BCUT2D eigenvalue weighted by Crippen LogP contribution is 2.15. The van der Waals surface area contributed by atoms with Crippen LogP contribution in [0.2, 0.25) is 0 Å². The molecule has 5 nitrogen and oxygen atoms in total. The van der Waals surface area contributed by atoms with Gasteiger partial charge in [-0.15, -0.1) is 0 Å². The van der Waals surface area contributed by atoms with Crippen molar-refractivity contribution in [2.75, 3.05) is 0 Å². The minimum atomic E-state index is -3.71. The lowest BCUT2D eigenvalue weighted by Crippen LogP contribution is -2.24. The fraction of sp³-hybridized carbons (Fsp3) is 0.133. The van der Waals surface area contributed by atoms with Crippen LogP contribution in [0.1, 0.15) is 11.4 Å². The van der Waals surface area contributed by atoms with Crippen LogP contribution < -0.4 is 4.72 Å². The summed E-state index contributed by atoms with van der Waals surface area (Å²) in [6, 6.07) is 11.1. The molecule has 0 atom stereocenters. The van der Waals surface area contributed by atoms with Crippen LogP contribution in [0.5, 0.6) is 0 Å². The van der Waals surface area contributed by atoms with Crippen LogP contribution in [0.25, 0.3) is 11.0 Å². The molecule has 0 saturated heterocycles. The number of hydrogen-bond acceptors (Lipinski definition) is 3. The molecule has 0 fully saturated rings. The Hall–Kier alpha value is -2.25. The van der Waals surface area contributed by atoms with Crippen LogP contribution >= 0.6 is 0 Å². The first-order chi connectivity index (χ1) is 10.5. The third-order valence-electron chi connectivity index (χ3n) is 3.31. The molecule has 0 radical (unpaired) electrons. The van der Waals surface area contributed by atoms with E-state index in [1.165, 1.54) is 19.1 Å². The number of hydrogen-bond donors (Lipinski definition) is 2. The van der Waals surface area contributed by atoms with E-state index in [4.69, 9.17) is 0 Å². The number of aryl methyl sites for hydroxylation is 1. The number of para-hydroxylation sites is 2. The third-order valence-corrected chi connectivity index (χ3v) is 4.71. The number of nitrogens with zero attached hydrogens (tertiary/aromatic N) is 1. The second-order valence-electron chi connectivity index (χ2n) is 4.94. The maximum Gasteiger partial charge on any atom is 0.240 e. The van der Waals surface area contributed by atoms with Gasteiger partial charge in [0.05, 0.1) is 22.5 Å². The molecule has 3 rings (SSSR count). The number of sulfonamides is 1. The van der Waals surface area contributed by atoms with Crippen LogP contribution in [0, 0.1) is 12.7 Å². The molecule has 1 aromatic heterocycles. The van der Waals surface area contributed by atoms with Crippen LogP contribution in [0.15, 0.2) is 47.4 Å². The van der Waals surface area contributed by atoms with Crippen molar-refractivity contribution in [1.82, 2.24) is 14.7 Å². The smallest absolute Gasteiger partial charge is 0.240 e.